The van der Waals surface area contributed by atoms with Crippen molar-refractivity contribution in [3.63, 3.8) is 0 Å². The zero-order chi connectivity index (χ0) is 20.1. The lowest BCUT2D eigenvalue weighted by molar-refractivity contribution is 0.0660. The van der Waals surface area contributed by atoms with Crippen molar-refractivity contribution in [2.45, 2.75) is 39.2 Å². The highest BCUT2D eigenvalue weighted by Gasteiger charge is 2.21. The van der Waals surface area contributed by atoms with Crippen LogP contribution in [-0.4, -0.2) is 65.4 Å². The fraction of sp³-hybridized carbons (Fsp3) is 0.545. The Morgan fingerprint density at radius 3 is 2.39 bits per heavy atom. The van der Waals surface area contributed by atoms with Crippen LogP contribution < -0.4 is 9.64 Å². The number of anilines is 1. The molecule has 0 unspecified atom stereocenters. The Bertz CT molecular complexity index is 753. The summed E-state index contributed by atoms with van der Waals surface area (Å²) < 4.78 is 5.89. The van der Waals surface area contributed by atoms with Gasteiger partial charge in [-0.15, -0.1) is 0 Å². The van der Waals surface area contributed by atoms with Gasteiger partial charge in [-0.05, 0) is 35.6 Å². The number of β-amino-alcohol motifs (C(OH)–C–C–N with tert-alkyl or cyclic N) is 1. The molecule has 1 aliphatic heterocycles. The van der Waals surface area contributed by atoms with Crippen LogP contribution in [0.2, 0.25) is 0 Å². The Kier molecular flexibility index (Phi) is 6.52. The smallest absolute Gasteiger partial charge is 0.225 e. The molecule has 0 bridgehead atoms. The summed E-state index contributed by atoms with van der Waals surface area (Å²) in [5, 5.41) is 10.4. The Hall–Kier alpha value is -2.18. The van der Waals surface area contributed by atoms with Gasteiger partial charge in [0.15, 0.2) is 0 Å². The van der Waals surface area contributed by atoms with Gasteiger partial charge in [-0.25, -0.2) is 9.97 Å². The van der Waals surface area contributed by atoms with Gasteiger partial charge in [0.1, 0.15) is 18.5 Å². The van der Waals surface area contributed by atoms with Gasteiger partial charge < -0.3 is 14.7 Å². The highest BCUT2D eigenvalue weighted by atomic mass is 16.5. The van der Waals surface area contributed by atoms with E-state index in [9.17, 15) is 5.11 Å². The number of aryl methyl sites for hydroxylation is 1. The first-order valence-corrected chi connectivity index (χ1v) is 9.99. The van der Waals surface area contributed by atoms with Gasteiger partial charge in [-0.1, -0.05) is 32.9 Å². The second-order valence-electron chi connectivity index (χ2n) is 8.53. The van der Waals surface area contributed by atoms with Crippen LogP contribution in [0.1, 0.15) is 31.9 Å². The van der Waals surface area contributed by atoms with Crippen LogP contribution in [0.3, 0.4) is 0 Å². The number of piperazine rings is 1. The maximum Gasteiger partial charge on any atom is 0.225 e. The number of aliphatic hydroxyl groups excluding tert-OH is 1. The minimum atomic E-state index is -0.513. The quantitative estimate of drug-likeness (QED) is 0.826. The average molecular weight is 385 g/mol. The molecule has 2 aromatic rings. The molecule has 28 heavy (non-hydrogen) atoms. The molecule has 1 saturated heterocycles. The molecule has 1 atom stereocenters. The van der Waals surface area contributed by atoms with Crippen LogP contribution in [0.25, 0.3) is 0 Å². The molecule has 6 nitrogen and oxygen atoms in total. The molecule has 0 saturated carbocycles. The van der Waals surface area contributed by atoms with Crippen molar-refractivity contribution in [3.8, 4) is 5.75 Å². The van der Waals surface area contributed by atoms with Crippen LogP contribution in [-0.2, 0) is 5.41 Å². The number of aromatic nitrogens is 2. The van der Waals surface area contributed by atoms with Crippen molar-refractivity contribution in [3.05, 3.63) is 47.8 Å². The van der Waals surface area contributed by atoms with E-state index in [1.165, 1.54) is 5.56 Å². The number of aliphatic hydroxyl groups is 1. The molecule has 0 aliphatic carbocycles. The maximum atomic E-state index is 10.4. The summed E-state index contributed by atoms with van der Waals surface area (Å²) in [6, 6.07) is 8.13. The number of benzene rings is 1. The molecule has 0 radical (unpaired) electrons. The van der Waals surface area contributed by atoms with E-state index in [0.717, 1.165) is 43.4 Å². The summed E-state index contributed by atoms with van der Waals surface area (Å²) in [6.07, 6.45) is 3.03. The lowest BCUT2D eigenvalue weighted by Gasteiger charge is -2.35. The normalized spacial score (nSPS) is 16.8. The topological polar surface area (TPSA) is 61.7 Å². The van der Waals surface area contributed by atoms with Crippen LogP contribution in [0.15, 0.2) is 36.7 Å². The van der Waals surface area contributed by atoms with E-state index in [-0.39, 0.29) is 5.41 Å². The van der Waals surface area contributed by atoms with Gasteiger partial charge in [0.25, 0.3) is 0 Å². The Morgan fingerprint density at radius 2 is 1.79 bits per heavy atom. The first-order chi connectivity index (χ1) is 13.3. The predicted molar refractivity (Wildman–Crippen MR) is 112 cm³/mol. The number of ether oxygens (including phenoxy) is 1. The van der Waals surface area contributed by atoms with Crippen molar-refractivity contribution in [2.24, 2.45) is 0 Å². The summed E-state index contributed by atoms with van der Waals surface area (Å²) in [5.41, 5.74) is 2.52. The Labute approximate surface area is 168 Å². The van der Waals surface area contributed by atoms with Crippen LogP contribution in [0.5, 0.6) is 5.75 Å². The van der Waals surface area contributed by atoms with Crippen molar-refractivity contribution < 1.29 is 9.84 Å². The maximum absolute atomic E-state index is 10.4. The average Bonchev–Trinajstić information content (AvgIpc) is 2.67. The molecule has 3 rings (SSSR count). The fourth-order valence-electron chi connectivity index (χ4n) is 3.40. The summed E-state index contributed by atoms with van der Waals surface area (Å²) in [5.74, 6) is 1.62. The highest BCUT2D eigenvalue weighted by Crippen LogP contribution is 2.27. The number of hydrogen-bond donors (Lipinski definition) is 1. The van der Waals surface area contributed by atoms with E-state index < -0.39 is 6.10 Å². The van der Waals surface area contributed by atoms with Gasteiger partial charge in [0, 0.05) is 45.1 Å². The predicted octanol–water partition coefficient (Wildman–Crippen LogP) is 2.64. The third-order valence-corrected chi connectivity index (χ3v) is 5.15. The minimum absolute atomic E-state index is 0.121. The Morgan fingerprint density at radius 1 is 1.11 bits per heavy atom. The van der Waals surface area contributed by atoms with Gasteiger partial charge >= 0.3 is 0 Å². The van der Waals surface area contributed by atoms with Crippen LogP contribution in [0, 0.1) is 6.92 Å². The minimum Gasteiger partial charge on any atom is -0.491 e. The van der Waals surface area contributed by atoms with E-state index in [2.05, 4.69) is 59.6 Å². The van der Waals surface area contributed by atoms with E-state index >= 15 is 0 Å². The summed E-state index contributed by atoms with van der Waals surface area (Å²) in [7, 11) is 0. The lowest BCUT2D eigenvalue weighted by atomic mass is 9.86. The van der Waals surface area contributed by atoms with Gasteiger partial charge in [0.2, 0.25) is 5.95 Å². The molecule has 1 aromatic carbocycles. The molecule has 1 aromatic heterocycles. The molecular formula is C22H32N4O2. The third-order valence-electron chi connectivity index (χ3n) is 5.15. The molecule has 0 amide bonds. The molecule has 0 spiro atoms. The molecule has 1 fully saturated rings. The number of nitrogens with zero attached hydrogens (tertiary/aromatic N) is 4. The summed E-state index contributed by atoms with van der Waals surface area (Å²) >= 11 is 0. The van der Waals surface area contributed by atoms with Gasteiger partial charge in [-0.2, -0.15) is 0 Å². The van der Waals surface area contributed by atoms with Crippen LogP contribution >= 0.6 is 0 Å². The summed E-state index contributed by atoms with van der Waals surface area (Å²) in [6.45, 7) is 13.1. The Balaban J connectivity index is 1.45. The first-order valence-electron chi connectivity index (χ1n) is 9.99. The monoisotopic (exact) mass is 384 g/mol. The molecule has 152 valence electrons. The molecular weight excluding hydrogens is 352 g/mol. The van der Waals surface area contributed by atoms with Crippen molar-refractivity contribution in [1.82, 2.24) is 14.9 Å². The summed E-state index contributed by atoms with van der Waals surface area (Å²) in [4.78, 5) is 13.1. The van der Waals surface area contributed by atoms with E-state index in [0.29, 0.717) is 13.2 Å². The number of hydrogen-bond acceptors (Lipinski definition) is 6. The van der Waals surface area contributed by atoms with E-state index in [1.54, 1.807) is 12.4 Å². The molecule has 1 aliphatic rings. The van der Waals surface area contributed by atoms with Gasteiger partial charge in [0.05, 0.1) is 0 Å². The molecule has 6 heteroatoms. The zero-order valence-electron chi connectivity index (χ0n) is 17.4. The largest absolute Gasteiger partial charge is 0.491 e. The third kappa shape index (κ3) is 5.42. The van der Waals surface area contributed by atoms with Gasteiger partial charge in [-0.3, -0.25) is 4.90 Å². The fourth-order valence-corrected chi connectivity index (χ4v) is 3.40. The zero-order valence-corrected chi connectivity index (χ0v) is 17.4. The van der Waals surface area contributed by atoms with Crippen molar-refractivity contribution in [1.29, 1.82) is 0 Å². The molecule has 1 N–H and O–H groups in total. The molecule has 2 heterocycles. The van der Waals surface area contributed by atoms with Crippen molar-refractivity contribution in [2.75, 3.05) is 44.2 Å². The van der Waals surface area contributed by atoms with E-state index in [4.69, 9.17) is 4.74 Å². The van der Waals surface area contributed by atoms with E-state index in [1.807, 2.05) is 12.1 Å². The van der Waals surface area contributed by atoms with Crippen LogP contribution in [0.4, 0.5) is 5.95 Å². The number of rotatable bonds is 6. The lowest BCUT2D eigenvalue weighted by Crippen LogP contribution is -2.49. The second kappa shape index (κ2) is 8.88. The first kappa shape index (κ1) is 20.6. The highest BCUT2D eigenvalue weighted by molar-refractivity contribution is 5.38. The second-order valence-corrected chi connectivity index (χ2v) is 8.53. The SMILES string of the molecule is Cc1cc(C(C)(C)C)ccc1OC[C@H](O)CN1CCN(c2ncccn2)CC1. The standard InChI is InChI=1S/C22H32N4O2/c1-17-14-18(22(2,3)4)6-7-20(17)28-16-19(27)15-25-10-12-26(13-11-25)21-23-8-5-9-24-21/h5-9,14,19,27H,10-13,15-16H2,1-4H3/t19-/m1/s1. The van der Waals surface area contributed by atoms with Crippen molar-refractivity contribution >= 4 is 5.95 Å².